The molecular weight excluding hydrogens is 347 g/mol. The van der Waals surface area contributed by atoms with Gasteiger partial charge in [-0.15, -0.1) is 0 Å². The molecule has 0 nitrogen and oxygen atoms in total. The van der Waals surface area contributed by atoms with E-state index in [4.69, 9.17) is 0 Å². The third kappa shape index (κ3) is 2.95. The zero-order valence-corrected chi connectivity index (χ0v) is 19.0. The van der Waals surface area contributed by atoms with E-state index in [0.717, 1.165) is 0 Å². The minimum Gasteiger partial charge on any atom is -0.0791 e. The maximum absolute atomic E-state index is 2.67. The van der Waals surface area contributed by atoms with E-state index < -0.39 is 8.07 Å². The van der Waals surface area contributed by atoms with Crippen molar-refractivity contribution < 1.29 is 0 Å². The van der Waals surface area contributed by atoms with Crippen molar-refractivity contribution in [2.24, 2.45) is 5.92 Å². The second kappa shape index (κ2) is 7.21. The maximum Gasteiger partial charge on any atom is 0.0715 e. The normalized spacial score (nSPS) is 22.0. The van der Waals surface area contributed by atoms with Crippen molar-refractivity contribution in [1.82, 2.24) is 0 Å². The summed E-state index contributed by atoms with van der Waals surface area (Å²) in [4.78, 5) is 0. The monoisotopic (exact) mass is 377 g/mol. The van der Waals surface area contributed by atoms with Crippen LogP contribution in [0.15, 0.2) is 48.6 Å². The predicted octanol–water partition coefficient (Wildman–Crippen LogP) is 6.53. The first-order valence-corrected chi connectivity index (χ1v) is 13.8. The van der Waals surface area contributed by atoms with E-state index >= 15 is 0 Å². The molecule has 0 heterocycles. The van der Waals surface area contributed by atoms with Gasteiger partial charge < -0.3 is 0 Å². The summed E-state index contributed by atoms with van der Waals surface area (Å²) in [5, 5.41) is 0. The largest absolute Gasteiger partial charge is 0.0791 e. The van der Waals surface area contributed by atoms with Gasteiger partial charge >= 0.3 is 0 Å². The summed E-state index contributed by atoms with van der Waals surface area (Å²) in [6.45, 7) is 9.96. The summed E-state index contributed by atoms with van der Waals surface area (Å²) in [5.41, 5.74) is 12.3. The Labute approximate surface area is 183 Å². The van der Waals surface area contributed by atoms with Crippen molar-refractivity contribution in [1.29, 1.82) is 0 Å². The molecule has 28 heavy (non-hydrogen) atoms. The Morgan fingerprint density at radius 3 is 2.39 bits per heavy atom. The molecule has 3 aliphatic carbocycles. The first-order valence-electron chi connectivity index (χ1n) is 10.6. The minimum atomic E-state index is -1.62. The third-order valence-electron chi connectivity index (χ3n) is 7.28. The Hall–Kier alpha value is -1.27. The molecule has 0 saturated heterocycles. The number of allylic oxidation sites excluding steroid dienone is 3. The van der Waals surface area contributed by atoms with E-state index in [0.29, 0.717) is 17.0 Å². The summed E-state index contributed by atoms with van der Waals surface area (Å²) in [6, 6.07) is 14.2. The van der Waals surface area contributed by atoms with Crippen molar-refractivity contribution in [3.05, 3.63) is 81.9 Å². The molecule has 2 atom stereocenters. The van der Waals surface area contributed by atoms with Crippen LogP contribution in [0.1, 0.15) is 64.7 Å². The van der Waals surface area contributed by atoms with Crippen LogP contribution in [0.3, 0.4) is 0 Å². The quantitative estimate of drug-likeness (QED) is 0.534. The molecule has 0 saturated carbocycles. The van der Waals surface area contributed by atoms with Crippen LogP contribution in [-0.2, 0) is 12.8 Å². The van der Waals surface area contributed by atoms with E-state index in [2.05, 4.69) is 81.6 Å². The molecule has 0 bridgehead atoms. The third-order valence-corrected chi connectivity index (χ3v) is 11.5. The molecule has 0 amide bonds. The minimum absolute atomic E-state index is 0. The zero-order chi connectivity index (χ0) is 18.8. The molecule has 3 aliphatic rings. The van der Waals surface area contributed by atoms with Gasteiger partial charge in [-0.05, 0) is 75.2 Å². The first-order chi connectivity index (χ1) is 13.0. The van der Waals surface area contributed by atoms with Gasteiger partial charge in [0.15, 0.2) is 0 Å². The molecule has 2 heteroatoms. The van der Waals surface area contributed by atoms with E-state index in [1.54, 1.807) is 33.4 Å². The van der Waals surface area contributed by atoms with Crippen LogP contribution >= 0.6 is 0 Å². The molecule has 0 spiro atoms. The SMILES string of the molecule is CC(C)C1=CC([Si](C)(C)C2C=Cc3ccccc32)c2cc3c(cc21)CCC3.[Li]. The van der Waals surface area contributed by atoms with E-state index in [9.17, 15) is 0 Å². The molecule has 5 rings (SSSR count). The predicted molar refractivity (Wildman–Crippen MR) is 125 cm³/mol. The molecule has 0 aliphatic heterocycles. The molecule has 0 N–H and O–H groups in total. The number of fused-ring (bicyclic) bond motifs is 3. The molecule has 2 aromatic rings. The van der Waals surface area contributed by atoms with Gasteiger partial charge in [-0.1, -0.05) is 81.6 Å². The van der Waals surface area contributed by atoms with Crippen LogP contribution in [0.4, 0.5) is 0 Å². The fraction of sp³-hybridized carbons (Fsp3) is 0.385. The summed E-state index contributed by atoms with van der Waals surface area (Å²) in [7, 11) is -1.62. The number of hydrogen-bond donors (Lipinski definition) is 0. The van der Waals surface area contributed by atoms with Gasteiger partial charge in [-0.3, -0.25) is 0 Å². The topological polar surface area (TPSA) is 0 Å². The Bertz CT molecular complexity index is 980. The Kier molecular flexibility index (Phi) is 5.16. The zero-order valence-electron chi connectivity index (χ0n) is 18.0. The first kappa shape index (κ1) is 20.0. The van der Waals surface area contributed by atoms with E-state index in [1.165, 1.54) is 24.8 Å². The Morgan fingerprint density at radius 1 is 0.929 bits per heavy atom. The summed E-state index contributed by atoms with van der Waals surface area (Å²) in [6.07, 6.45) is 11.4. The van der Waals surface area contributed by atoms with Gasteiger partial charge in [-0.2, -0.15) is 0 Å². The van der Waals surface area contributed by atoms with Crippen molar-refractivity contribution in [3.8, 4) is 0 Å². The molecule has 2 unspecified atom stereocenters. The van der Waals surface area contributed by atoms with Gasteiger partial charge in [0, 0.05) is 18.9 Å². The van der Waals surface area contributed by atoms with Crippen LogP contribution < -0.4 is 0 Å². The van der Waals surface area contributed by atoms with Gasteiger partial charge in [0.05, 0.1) is 8.07 Å². The molecule has 0 aromatic heterocycles. The maximum atomic E-state index is 2.67. The number of benzene rings is 2. The smallest absolute Gasteiger partial charge is 0.0715 e. The van der Waals surface area contributed by atoms with Crippen LogP contribution in [0.25, 0.3) is 11.6 Å². The second-order valence-electron chi connectivity index (χ2n) is 9.60. The fourth-order valence-corrected chi connectivity index (χ4v) is 9.41. The van der Waals surface area contributed by atoms with Crippen molar-refractivity contribution >= 4 is 38.6 Å². The molecule has 2 aromatic carbocycles. The fourth-order valence-electron chi connectivity index (χ4n) is 5.72. The van der Waals surface area contributed by atoms with Gasteiger partial charge in [0.2, 0.25) is 0 Å². The summed E-state index contributed by atoms with van der Waals surface area (Å²) >= 11 is 0. The average Bonchev–Trinajstić information content (AvgIpc) is 3.35. The molecule has 0 fully saturated rings. The number of hydrogen-bond acceptors (Lipinski definition) is 0. The van der Waals surface area contributed by atoms with Crippen LogP contribution in [0, 0.1) is 5.92 Å². The molecular formula is C26H30LiSi. The van der Waals surface area contributed by atoms with Crippen LogP contribution in [0.5, 0.6) is 0 Å². The van der Waals surface area contributed by atoms with Gasteiger partial charge in [0.1, 0.15) is 0 Å². The Morgan fingerprint density at radius 2 is 1.64 bits per heavy atom. The summed E-state index contributed by atoms with van der Waals surface area (Å²) < 4.78 is 0. The Balaban J connectivity index is 0.00000192. The van der Waals surface area contributed by atoms with E-state index in [1.807, 2.05) is 0 Å². The molecule has 139 valence electrons. The number of aryl methyl sites for hydroxylation is 2. The average molecular weight is 378 g/mol. The van der Waals surface area contributed by atoms with Crippen molar-refractivity contribution in [3.63, 3.8) is 0 Å². The number of rotatable bonds is 3. The van der Waals surface area contributed by atoms with Crippen molar-refractivity contribution in [2.45, 2.75) is 57.3 Å². The van der Waals surface area contributed by atoms with Crippen LogP contribution in [0.2, 0.25) is 13.1 Å². The van der Waals surface area contributed by atoms with Gasteiger partial charge in [0.25, 0.3) is 0 Å². The van der Waals surface area contributed by atoms with Gasteiger partial charge in [-0.25, -0.2) is 0 Å². The van der Waals surface area contributed by atoms with E-state index in [-0.39, 0.29) is 18.9 Å². The van der Waals surface area contributed by atoms with Crippen molar-refractivity contribution in [2.75, 3.05) is 0 Å². The van der Waals surface area contributed by atoms with Crippen LogP contribution in [-0.4, -0.2) is 26.9 Å². The second-order valence-corrected chi connectivity index (χ2v) is 14.5. The summed E-state index contributed by atoms with van der Waals surface area (Å²) in [5.74, 6) is 0.601. The molecule has 1 radical (unpaired) electrons. The standard InChI is InChI=1S/C26H30Si.Li/c1-17(2)22-16-26(24-15-20-10-7-9-19(20)14-23(22)24)27(3,4)25-13-12-18-8-5-6-11-21(18)25;/h5-6,8,11-17,25-26H,7,9-10H2,1-4H3;.